The molecule has 0 aromatic heterocycles. The summed E-state index contributed by atoms with van der Waals surface area (Å²) in [5.74, 6) is 0. The highest BCUT2D eigenvalue weighted by atomic mass is 32.3. The van der Waals surface area contributed by atoms with Crippen LogP contribution < -0.4 is 0 Å². The molecule has 3 fully saturated rings. The summed E-state index contributed by atoms with van der Waals surface area (Å²) in [5, 5.41) is 2.51. The van der Waals surface area contributed by atoms with Crippen LogP contribution in [-0.2, 0) is 0 Å². The van der Waals surface area contributed by atoms with Gasteiger partial charge in [-0.25, -0.2) is 0 Å². The van der Waals surface area contributed by atoms with Crippen LogP contribution in [0.1, 0.15) is 104 Å². The molecule has 0 saturated heterocycles. The summed E-state index contributed by atoms with van der Waals surface area (Å²) in [6, 6.07) is 11.4. The molecule has 0 heterocycles. The Labute approximate surface area is 208 Å². The monoisotopic (exact) mass is 482 g/mol. The highest BCUT2D eigenvalue weighted by Crippen LogP contribution is 2.67. The Morgan fingerprint density at radius 2 is 1.15 bits per heavy atom. The largest absolute Gasteiger partial charge is 0.192 e. The number of benzene rings is 1. The maximum atomic E-state index is 4.85. The summed E-state index contributed by atoms with van der Waals surface area (Å²) in [6.45, 7) is 14.2. The number of hydrogen-bond acceptors (Lipinski definition) is 0. The standard InChI is InChI=1S/C31H50SSi/c1-25(2)32(5,27-15-9-6-10-16-27)28-21-23-31(24-22-28)33(26(3)4,29-17-11-7-12-18-29)30-19-13-8-14-20-30/h6,9-10,15-16,28-31H,1,3,7-8,11-14,17-24H2,2,4-5H3. The molecule has 0 amide bonds. The van der Waals surface area contributed by atoms with Gasteiger partial charge in [-0.2, -0.15) is 10.0 Å². The van der Waals surface area contributed by atoms with E-state index in [2.05, 4.69) is 57.0 Å². The highest BCUT2D eigenvalue weighted by molar-refractivity contribution is 8.36. The fourth-order valence-corrected chi connectivity index (χ4v) is 20.0. The Morgan fingerprint density at radius 1 is 0.697 bits per heavy atom. The molecule has 1 atom stereocenters. The first kappa shape index (κ1) is 25.4. The van der Waals surface area contributed by atoms with E-state index < -0.39 is 18.1 Å². The van der Waals surface area contributed by atoms with Crippen LogP contribution in [0.2, 0.25) is 16.6 Å². The van der Waals surface area contributed by atoms with E-state index in [0.29, 0.717) is 0 Å². The van der Waals surface area contributed by atoms with E-state index in [1.54, 1.807) is 10.1 Å². The van der Waals surface area contributed by atoms with Gasteiger partial charge in [-0.1, -0.05) is 107 Å². The minimum atomic E-state index is -1.57. The Hall–Kier alpha value is -0.733. The van der Waals surface area contributed by atoms with Crippen molar-refractivity contribution >= 4 is 18.1 Å². The summed E-state index contributed by atoms with van der Waals surface area (Å²) in [4.78, 5) is 2.99. The highest BCUT2D eigenvalue weighted by Gasteiger charge is 2.54. The van der Waals surface area contributed by atoms with Crippen molar-refractivity contribution in [3.05, 3.63) is 53.6 Å². The lowest BCUT2D eigenvalue weighted by Crippen LogP contribution is -2.53. The van der Waals surface area contributed by atoms with E-state index in [-0.39, 0.29) is 0 Å². The van der Waals surface area contributed by atoms with Crippen molar-refractivity contribution in [1.82, 2.24) is 0 Å². The first-order chi connectivity index (χ1) is 15.9. The first-order valence-corrected chi connectivity index (χ1v) is 18.4. The third-order valence-corrected chi connectivity index (χ3v) is 22.0. The van der Waals surface area contributed by atoms with Crippen molar-refractivity contribution < 1.29 is 0 Å². The van der Waals surface area contributed by atoms with E-state index in [1.807, 2.05) is 0 Å². The Kier molecular flexibility index (Phi) is 8.38. The molecule has 3 saturated carbocycles. The normalized spacial score (nSPS) is 28.6. The van der Waals surface area contributed by atoms with E-state index in [0.717, 1.165) is 21.9 Å². The third kappa shape index (κ3) is 4.73. The molecule has 0 spiro atoms. The average molecular weight is 483 g/mol. The van der Waals surface area contributed by atoms with Gasteiger partial charge < -0.3 is 0 Å². The quantitative estimate of drug-likeness (QED) is 0.339. The molecule has 33 heavy (non-hydrogen) atoms. The molecule has 1 aromatic rings. The molecule has 1 unspecified atom stereocenters. The predicted octanol–water partition coefficient (Wildman–Crippen LogP) is 10.6. The molecule has 0 aliphatic heterocycles. The maximum absolute atomic E-state index is 4.85. The van der Waals surface area contributed by atoms with Gasteiger partial charge in [-0.3, -0.25) is 0 Å². The molecule has 184 valence electrons. The lowest BCUT2D eigenvalue weighted by molar-refractivity contribution is 0.420. The van der Waals surface area contributed by atoms with Crippen LogP contribution in [0.25, 0.3) is 0 Å². The van der Waals surface area contributed by atoms with Crippen molar-refractivity contribution in [3.63, 3.8) is 0 Å². The summed E-state index contributed by atoms with van der Waals surface area (Å²) in [7, 11) is -2.55. The van der Waals surface area contributed by atoms with Gasteiger partial charge >= 0.3 is 0 Å². The van der Waals surface area contributed by atoms with E-state index in [4.69, 9.17) is 6.58 Å². The van der Waals surface area contributed by atoms with Crippen LogP contribution in [-0.4, -0.2) is 19.6 Å². The number of allylic oxidation sites excluding steroid dienone is 2. The van der Waals surface area contributed by atoms with Crippen LogP contribution in [0.15, 0.2) is 58.5 Å². The molecule has 0 radical (unpaired) electrons. The molecule has 2 heteroatoms. The second-order valence-corrected chi connectivity index (χ2v) is 20.8. The van der Waals surface area contributed by atoms with Crippen LogP contribution in [0.5, 0.6) is 0 Å². The van der Waals surface area contributed by atoms with Gasteiger partial charge in [-0.05, 0) is 76.8 Å². The fourth-order valence-electron chi connectivity index (χ4n) is 8.60. The smallest absolute Gasteiger partial charge is 0.0895 e. The van der Waals surface area contributed by atoms with Crippen molar-refractivity contribution in [2.24, 2.45) is 0 Å². The molecule has 0 nitrogen and oxygen atoms in total. The van der Waals surface area contributed by atoms with Gasteiger partial charge in [0.05, 0.1) is 8.07 Å². The second kappa shape index (κ2) is 10.9. The third-order valence-electron chi connectivity index (χ3n) is 10.3. The van der Waals surface area contributed by atoms with E-state index in [1.165, 1.54) is 94.8 Å². The van der Waals surface area contributed by atoms with Crippen LogP contribution in [0, 0.1) is 0 Å². The molecule has 4 rings (SSSR count). The van der Waals surface area contributed by atoms with E-state index in [9.17, 15) is 0 Å². The fraction of sp³-hybridized carbons (Fsp3) is 0.677. The van der Waals surface area contributed by atoms with Gasteiger partial charge in [0.1, 0.15) is 0 Å². The Bertz CT molecular complexity index is 775. The molecule has 3 aliphatic carbocycles. The molecule has 1 aromatic carbocycles. The zero-order valence-corrected chi connectivity index (χ0v) is 23.7. The molecule has 0 bridgehead atoms. The van der Waals surface area contributed by atoms with Gasteiger partial charge in [0, 0.05) is 0 Å². The maximum Gasteiger partial charge on any atom is 0.0895 e. The molecule has 3 aliphatic rings. The van der Waals surface area contributed by atoms with Crippen molar-refractivity contribution in [2.45, 2.75) is 131 Å². The SMILES string of the molecule is C=C(C)[Si](C1CCCCC1)(C1CCCCC1)C1CCC(S(C)(C(=C)C)c2ccccc2)CC1. The van der Waals surface area contributed by atoms with Crippen LogP contribution >= 0.6 is 10.0 Å². The van der Waals surface area contributed by atoms with Gasteiger partial charge in [0.25, 0.3) is 0 Å². The minimum Gasteiger partial charge on any atom is -0.192 e. The summed E-state index contributed by atoms with van der Waals surface area (Å²) >= 11 is 0. The summed E-state index contributed by atoms with van der Waals surface area (Å²) in [5.41, 5.74) is 3.05. The number of hydrogen-bond donors (Lipinski definition) is 0. The Balaban J connectivity index is 1.61. The van der Waals surface area contributed by atoms with E-state index >= 15 is 0 Å². The van der Waals surface area contributed by atoms with Crippen molar-refractivity contribution in [3.8, 4) is 0 Å². The zero-order chi connectivity index (χ0) is 23.5. The summed E-state index contributed by atoms with van der Waals surface area (Å²) in [6.07, 6.45) is 23.3. The van der Waals surface area contributed by atoms with Crippen molar-refractivity contribution in [1.29, 1.82) is 0 Å². The lowest BCUT2D eigenvalue weighted by atomic mass is 9.98. The molecular formula is C31H50SSi. The molecule has 0 N–H and O–H groups in total. The predicted molar refractivity (Wildman–Crippen MR) is 153 cm³/mol. The van der Waals surface area contributed by atoms with Crippen molar-refractivity contribution in [2.75, 3.05) is 6.26 Å². The van der Waals surface area contributed by atoms with Gasteiger partial charge in [0.15, 0.2) is 0 Å². The van der Waals surface area contributed by atoms with Gasteiger partial charge in [-0.15, -0.1) is 6.58 Å². The van der Waals surface area contributed by atoms with Crippen LogP contribution in [0.3, 0.4) is 0 Å². The van der Waals surface area contributed by atoms with Gasteiger partial charge in [0.2, 0.25) is 0 Å². The number of rotatable bonds is 7. The molecular weight excluding hydrogens is 432 g/mol. The Morgan fingerprint density at radius 3 is 1.58 bits per heavy atom. The average Bonchev–Trinajstić information content (AvgIpc) is 2.86. The lowest BCUT2D eigenvalue weighted by Gasteiger charge is -2.56. The zero-order valence-electron chi connectivity index (χ0n) is 21.9. The second-order valence-electron chi connectivity index (χ2n) is 11.9. The first-order valence-electron chi connectivity index (χ1n) is 14.1. The van der Waals surface area contributed by atoms with Crippen LogP contribution in [0.4, 0.5) is 0 Å². The topological polar surface area (TPSA) is 0 Å². The summed E-state index contributed by atoms with van der Waals surface area (Å²) < 4.78 is 0. The minimum absolute atomic E-state index is 0.809.